The Balaban J connectivity index is 2.00. The second-order valence-electron chi connectivity index (χ2n) is 9.46. The smallest absolute Gasteiger partial charge is 0.381 e. The van der Waals surface area contributed by atoms with Crippen molar-refractivity contribution in [1.29, 1.82) is 0 Å². The first-order valence-corrected chi connectivity index (χ1v) is 12.7. The fourth-order valence-corrected chi connectivity index (χ4v) is 4.83. The minimum atomic E-state index is -1.06. The van der Waals surface area contributed by atoms with Gasteiger partial charge in [0.2, 0.25) is 9.76 Å². The van der Waals surface area contributed by atoms with Gasteiger partial charge in [0.1, 0.15) is 5.69 Å². The highest BCUT2D eigenvalue weighted by Crippen LogP contribution is 2.41. The van der Waals surface area contributed by atoms with Crippen molar-refractivity contribution in [1.82, 2.24) is 14.4 Å². The first-order valence-electron chi connectivity index (χ1n) is 11.8. The van der Waals surface area contributed by atoms with Crippen molar-refractivity contribution >= 4 is 27.2 Å². The zero-order valence-corrected chi connectivity index (χ0v) is 22.1. The lowest BCUT2D eigenvalue weighted by Crippen LogP contribution is -2.37. The van der Waals surface area contributed by atoms with Gasteiger partial charge in [-0.1, -0.05) is 81.4 Å². The van der Waals surface area contributed by atoms with Crippen LogP contribution in [-0.2, 0) is 19.6 Å². The zero-order chi connectivity index (χ0) is 25.9. The van der Waals surface area contributed by atoms with E-state index in [1.54, 1.807) is 30.6 Å². The van der Waals surface area contributed by atoms with Crippen molar-refractivity contribution in [2.24, 2.45) is 0 Å². The summed E-state index contributed by atoms with van der Waals surface area (Å²) in [6.45, 7) is 9.84. The molecule has 4 rings (SSSR count). The molecule has 7 nitrogen and oxygen atoms in total. The summed E-state index contributed by atoms with van der Waals surface area (Å²) in [4.78, 5) is 34.6. The van der Waals surface area contributed by atoms with E-state index in [0.29, 0.717) is 17.0 Å². The Morgan fingerprint density at radius 2 is 1.56 bits per heavy atom. The van der Waals surface area contributed by atoms with Crippen molar-refractivity contribution < 1.29 is 18.8 Å². The number of benzene rings is 2. The number of Topliss-reactive ketones (excluding diaryl/α,β-unsaturated/α-hetero) is 1. The van der Waals surface area contributed by atoms with Crippen LogP contribution in [0, 0.1) is 6.92 Å². The Bertz CT molecular complexity index is 1340. The number of ketones is 1. The van der Waals surface area contributed by atoms with Gasteiger partial charge in [-0.05, 0) is 30.0 Å². The average molecular weight is 500 g/mol. The fourth-order valence-electron chi connectivity index (χ4n) is 4.03. The van der Waals surface area contributed by atoms with Gasteiger partial charge in [0, 0.05) is 6.20 Å². The van der Waals surface area contributed by atoms with Gasteiger partial charge in [-0.2, -0.15) is 0 Å². The lowest BCUT2D eigenvalue weighted by Gasteiger charge is -2.36. The molecule has 0 bridgehead atoms. The molecule has 0 fully saturated rings. The number of fused-ring (bicyclic) bond motifs is 1. The standard InChI is InChI=1S/C28H29N3O4Si/c1-6-34-26(33)25(32)24-19(2)30-23-17-29-22(18-31(23)24)28(35-36-27(3,4)5,20-13-9-7-10-14-20)21-15-11-8-12-16-21/h7-18H,6H2,1-5H3. The van der Waals surface area contributed by atoms with Gasteiger partial charge in [0.15, 0.2) is 11.2 Å². The molecule has 2 heterocycles. The number of ether oxygens (including phenoxy) is 1. The van der Waals surface area contributed by atoms with Gasteiger partial charge in [0.05, 0.1) is 24.2 Å². The number of nitrogens with zero attached hydrogens (tertiary/aromatic N) is 3. The molecule has 0 aliphatic carbocycles. The molecule has 0 aliphatic rings. The molecule has 4 aromatic rings. The predicted octanol–water partition coefficient (Wildman–Crippen LogP) is 4.93. The van der Waals surface area contributed by atoms with E-state index in [0.717, 1.165) is 11.1 Å². The van der Waals surface area contributed by atoms with Crippen LogP contribution in [0.3, 0.4) is 0 Å². The normalized spacial score (nSPS) is 12.0. The van der Waals surface area contributed by atoms with E-state index in [2.05, 4.69) is 25.8 Å². The topological polar surface area (TPSA) is 82.8 Å². The average Bonchev–Trinajstić information content (AvgIpc) is 3.20. The second-order valence-corrected chi connectivity index (χ2v) is 11.4. The summed E-state index contributed by atoms with van der Waals surface area (Å²) in [5.74, 6) is -1.66. The Labute approximate surface area is 213 Å². The van der Waals surface area contributed by atoms with Gasteiger partial charge < -0.3 is 9.16 Å². The minimum Gasteiger partial charge on any atom is -0.460 e. The van der Waals surface area contributed by atoms with Crippen molar-refractivity contribution in [2.75, 3.05) is 6.61 Å². The van der Waals surface area contributed by atoms with Crippen molar-refractivity contribution in [2.45, 2.75) is 45.3 Å². The van der Waals surface area contributed by atoms with Gasteiger partial charge in [-0.25, -0.2) is 9.78 Å². The molecule has 0 amide bonds. The van der Waals surface area contributed by atoms with Crippen LogP contribution >= 0.6 is 0 Å². The molecule has 0 spiro atoms. The molecular weight excluding hydrogens is 470 g/mol. The molecule has 2 radical (unpaired) electrons. The van der Waals surface area contributed by atoms with Gasteiger partial charge in [-0.3, -0.25) is 14.2 Å². The van der Waals surface area contributed by atoms with Crippen LogP contribution in [0.1, 0.15) is 60.7 Å². The van der Waals surface area contributed by atoms with E-state index in [1.807, 2.05) is 60.7 Å². The molecule has 0 N–H and O–H groups in total. The molecule has 0 aliphatic heterocycles. The summed E-state index contributed by atoms with van der Waals surface area (Å²) in [7, 11) is 0.134. The van der Waals surface area contributed by atoms with E-state index >= 15 is 0 Å². The lowest BCUT2D eigenvalue weighted by atomic mass is 9.83. The van der Waals surface area contributed by atoms with Crippen LogP contribution < -0.4 is 0 Å². The van der Waals surface area contributed by atoms with E-state index in [4.69, 9.17) is 14.1 Å². The number of imidazole rings is 1. The van der Waals surface area contributed by atoms with Crippen LogP contribution in [0.4, 0.5) is 0 Å². The monoisotopic (exact) mass is 499 g/mol. The van der Waals surface area contributed by atoms with Gasteiger partial charge >= 0.3 is 5.97 Å². The molecule has 2 aromatic carbocycles. The number of aromatic nitrogens is 3. The summed E-state index contributed by atoms with van der Waals surface area (Å²) in [6.07, 6.45) is 3.35. The van der Waals surface area contributed by atoms with E-state index in [-0.39, 0.29) is 27.1 Å². The highest BCUT2D eigenvalue weighted by molar-refractivity contribution is 6.40. The molecular formula is C28H29N3O4Si. The van der Waals surface area contributed by atoms with Crippen molar-refractivity contribution in [3.8, 4) is 0 Å². The summed E-state index contributed by atoms with van der Waals surface area (Å²) in [5, 5.41) is -0.102. The second kappa shape index (κ2) is 10.2. The quantitative estimate of drug-likeness (QED) is 0.148. The Hall–Kier alpha value is -3.62. The van der Waals surface area contributed by atoms with Crippen LogP contribution in [0.5, 0.6) is 0 Å². The third-order valence-electron chi connectivity index (χ3n) is 5.59. The number of carbonyl (C=O) groups is 2. The fraction of sp³-hybridized carbons (Fsp3) is 0.286. The summed E-state index contributed by atoms with van der Waals surface area (Å²) >= 11 is 0. The molecule has 2 aromatic heterocycles. The highest BCUT2D eigenvalue weighted by atomic mass is 28.2. The summed E-state index contributed by atoms with van der Waals surface area (Å²) in [5.41, 5.74) is 2.33. The van der Waals surface area contributed by atoms with Crippen molar-refractivity contribution in [3.63, 3.8) is 0 Å². The number of esters is 1. The third-order valence-corrected chi connectivity index (χ3v) is 6.61. The number of hydrogen-bond acceptors (Lipinski definition) is 6. The predicted molar refractivity (Wildman–Crippen MR) is 138 cm³/mol. The zero-order valence-electron chi connectivity index (χ0n) is 21.1. The maximum atomic E-state index is 13.0. The number of carbonyl (C=O) groups excluding carboxylic acids is 2. The Morgan fingerprint density at radius 1 is 0.972 bits per heavy atom. The number of rotatable bonds is 8. The summed E-state index contributed by atoms with van der Waals surface area (Å²) < 4.78 is 13.4. The van der Waals surface area contributed by atoms with E-state index < -0.39 is 17.4 Å². The van der Waals surface area contributed by atoms with Crippen molar-refractivity contribution in [3.05, 3.63) is 101 Å². The maximum Gasteiger partial charge on any atom is 0.381 e. The number of aryl methyl sites for hydroxylation is 1. The Morgan fingerprint density at radius 3 is 2.08 bits per heavy atom. The largest absolute Gasteiger partial charge is 0.460 e. The SMILES string of the molecule is CCOC(=O)C(=O)c1c(C)nc2cnc(C(O[Si]C(C)(C)C)(c3ccccc3)c3ccccc3)cn12. The summed E-state index contributed by atoms with van der Waals surface area (Å²) in [6, 6.07) is 19.8. The van der Waals surface area contributed by atoms with Crippen LogP contribution in [0.2, 0.25) is 5.04 Å². The Kier molecular flexibility index (Phi) is 7.19. The minimum absolute atomic E-state index is 0.102. The lowest BCUT2D eigenvalue weighted by molar-refractivity contribution is -0.137. The van der Waals surface area contributed by atoms with Crippen LogP contribution in [-0.4, -0.2) is 42.5 Å². The molecule has 8 heteroatoms. The first kappa shape index (κ1) is 25.5. The molecule has 0 saturated carbocycles. The van der Waals surface area contributed by atoms with Gasteiger partial charge in [0.25, 0.3) is 5.78 Å². The number of hydrogen-bond donors (Lipinski definition) is 0. The van der Waals surface area contributed by atoms with E-state index in [9.17, 15) is 9.59 Å². The van der Waals surface area contributed by atoms with Crippen LogP contribution in [0.25, 0.3) is 5.65 Å². The highest BCUT2D eigenvalue weighted by Gasteiger charge is 2.41. The molecule has 0 atom stereocenters. The van der Waals surface area contributed by atoms with Gasteiger partial charge in [-0.15, -0.1) is 0 Å². The maximum absolute atomic E-state index is 13.0. The molecule has 36 heavy (non-hydrogen) atoms. The van der Waals surface area contributed by atoms with E-state index in [1.165, 1.54) is 0 Å². The van der Waals surface area contributed by atoms with Crippen LogP contribution in [0.15, 0.2) is 73.1 Å². The molecule has 184 valence electrons. The molecule has 0 saturated heterocycles. The first-order chi connectivity index (χ1) is 17.2. The third kappa shape index (κ3) is 4.87. The molecule has 0 unspecified atom stereocenters.